The maximum atomic E-state index is 5.82. The van der Waals surface area contributed by atoms with Gasteiger partial charge >= 0.3 is 0 Å². The van der Waals surface area contributed by atoms with Crippen LogP contribution in [0.3, 0.4) is 0 Å². The highest BCUT2D eigenvalue weighted by Gasteiger charge is 2.03. The average Bonchev–Trinajstić information content (AvgIpc) is 2.27. The van der Waals surface area contributed by atoms with Crippen molar-refractivity contribution >= 4 is 0 Å². The zero-order chi connectivity index (χ0) is 12.2. The van der Waals surface area contributed by atoms with E-state index in [-0.39, 0.29) is 6.04 Å². The Bertz CT molecular complexity index is 195. The Labute approximate surface area is 101 Å². The number of unbranched alkanes of at least 4 members (excludes halogenated alkanes) is 1. The molecular formula is C14H28N2. The van der Waals surface area contributed by atoms with Gasteiger partial charge in [0.1, 0.15) is 0 Å². The molecule has 0 aromatic carbocycles. The number of nitrogens with one attached hydrogen (secondary N) is 1. The summed E-state index contributed by atoms with van der Waals surface area (Å²) in [6.45, 7) is 9.13. The van der Waals surface area contributed by atoms with Gasteiger partial charge in [-0.15, -0.1) is 5.73 Å². The van der Waals surface area contributed by atoms with Crippen molar-refractivity contribution in [1.82, 2.24) is 5.32 Å². The van der Waals surface area contributed by atoms with Crippen molar-refractivity contribution in [2.24, 2.45) is 5.73 Å². The zero-order valence-corrected chi connectivity index (χ0v) is 11.0. The lowest BCUT2D eigenvalue weighted by atomic mass is 10.1. The van der Waals surface area contributed by atoms with E-state index in [0.717, 1.165) is 13.0 Å². The van der Waals surface area contributed by atoms with Gasteiger partial charge in [0.2, 0.25) is 0 Å². The summed E-state index contributed by atoms with van der Waals surface area (Å²) in [5, 5.41) is 3.60. The van der Waals surface area contributed by atoms with Crippen molar-refractivity contribution < 1.29 is 0 Å². The smallest absolute Gasteiger partial charge is 0.0299 e. The highest BCUT2D eigenvalue weighted by Crippen LogP contribution is 2.03. The zero-order valence-electron chi connectivity index (χ0n) is 11.0. The summed E-state index contributed by atoms with van der Waals surface area (Å²) in [4.78, 5) is 0. The van der Waals surface area contributed by atoms with E-state index < -0.39 is 0 Å². The molecule has 2 unspecified atom stereocenters. The first kappa shape index (κ1) is 15.4. The van der Waals surface area contributed by atoms with Crippen molar-refractivity contribution in [1.29, 1.82) is 0 Å². The van der Waals surface area contributed by atoms with Crippen molar-refractivity contribution in [3.05, 3.63) is 18.4 Å². The lowest BCUT2D eigenvalue weighted by Crippen LogP contribution is -2.29. The van der Waals surface area contributed by atoms with Crippen LogP contribution in [0.4, 0.5) is 0 Å². The van der Waals surface area contributed by atoms with Crippen LogP contribution in [0.5, 0.6) is 0 Å². The number of nitrogens with two attached hydrogens (primary N) is 1. The minimum atomic E-state index is 0.134. The third kappa shape index (κ3) is 8.72. The molecule has 0 saturated heterocycles. The van der Waals surface area contributed by atoms with Crippen molar-refractivity contribution in [2.75, 3.05) is 6.54 Å². The van der Waals surface area contributed by atoms with Gasteiger partial charge in [0.15, 0.2) is 0 Å². The van der Waals surface area contributed by atoms with E-state index in [1.54, 1.807) is 0 Å². The SMILES string of the molecule is C=C=CC(N)CCCCNC(CC)CCC. The molecule has 3 N–H and O–H groups in total. The molecule has 0 aromatic rings. The predicted molar refractivity (Wildman–Crippen MR) is 72.5 cm³/mol. The molecule has 0 amide bonds. The standard InChI is InChI=1S/C14H28N2/c1-4-9-13(15)11-7-8-12-16-14(6-3)10-5-2/h9,13-14,16H,1,5-8,10-12,15H2,2-3H3. The molecule has 0 heterocycles. The number of rotatable bonds is 10. The van der Waals surface area contributed by atoms with E-state index in [4.69, 9.17) is 5.73 Å². The molecule has 94 valence electrons. The van der Waals surface area contributed by atoms with Crippen LogP contribution in [0.15, 0.2) is 18.4 Å². The van der Waals surface area contributed by atoms with Crippen molar-refractivity contribution in [3.8, 4) is 0 Å². The summed E-state index contributed by atoms with van der Waals surface area (Å²) < 4.78 is 0. The molecule has 0 aliphatic heterocycles. The minimum Gasteiger partial charge on any atom is -0.324 e. The molecule has 0 aliphatic rings. The van der Waals surface area contributed by atoms with Gasteiger partial charge < -0.3 is 11.1 Å². The van der Waals surface area contributed by atoms with Gasteiger partial charge in [-0.1, -0.05) is 33.3 Å². The van der Waals surface area contributed by atoms with Crippen LogP contribution in [0, 0.1) is 0 Å². The highest BCUT2D eigenvalue weighted by molar-refractivity contribution is 4.87. The topological polar surface area (TPSA) is 38.0 Å². The third-order valence-corrected chi connectivity index (χ3v) is 2.86. The third-order valence-electron chi connectivity index (χ3n) is 2.86. The molecule has 0 fully saturated rings. The molecule has 0 aliphatic carbocycles. The van der Waals surface area contributed by atoms with E-state index >= 15 is 0 Å². The quantitative estimate of drug-likeness (QED) is 0.442. The minimum absolute atomic E-state index is 0.134. The molecule has 0 bridgehead atoms. The summed E-state index contributed by atoms with van der Waals surface area (Å²) in [5.41, 5.74) is 8.56. The van der Waals surface area contributed by atoms with Crippen LogP contribution >= 0.6 is 0 Å². The predicted octanol–water partition coefficient (Wildman–Crippen LogP) is 2.99. The number of hydrogen-bond acceptors (Lipinski definition) is 2. The number of hydrogen-bond donors (Lipinski definition) is 2. The van der Waals surface area contributed by atoms with Crippen LogP contribution < -0.4 is 11.1 Å². The molecule has 0 aromatic heterocycles. The molecule has 16 heavy (non-hydrogen) atoms. The highest BCUT2D eigenvalue weighted by atomic mass is 14.9. The first-order valence-electron chi connectivity index (χ1n) is 6.59. The summed E-state index contributed by atoms with van der Waals surface area (Å²) in [6, 6.07) is 0.835. The van der Waals surface area contributed by atoms with Crippen molar-refractivity contribution in [2.45, 2.75) is 64.5 Å². The van der Waals surface area contributed by atoms with Crippen LogP contribution in [0.2, 0.25) is 0 Å². The normalized spacial score (nSPS) is 14.2. The van der Waals surface area contributed by atoms with E-state index in [2.05, 4.69) is 31.5 Å². The molecular weight excluding hydrogens is 196 g/mol. The molecule has 0 rings (SSSR count). The van der Waals surface area contributed by atoms with Gasteiger partial charge in [0.25, 0.3) is 0 Å². The van der Waals surface area contributed by atoms with E-state index in [9.17, 15) is 0 Å². The van der Waals surface area contributed by atoms with E-state index in [1.807, 2.05) is 6.08 Å². The van der Waals surface area contributed by atoms with Crippen molar-refractivity contribution in [3.63, 3.8) is 0 Å². The maximum Gasteiger partial charge on any atom is 0.0299 e. The summed E-state index contributed by atoms with van der Waals surface area (Å²) in [7, 11) is 0. The van der Waals surface area contributed by atoms with Crippen LogP contribution in [0.25, 0.3) is 0 Å². The van der Waals surface area contributed by atoms with Gasteiger partial charge in [-0.05, 0) is 38.3 Å². The Kier molecular flexibility index (Phi) is 10.6. The van der Waals surface area contributed by atoms with Crippen LogP contribution in [-0.2, 0) is 0 Å². The summed E-state index contributed by atoms with van der Waals surface area (Å²) in [6.07, 6.45) is 9.05. The molecule has 0 saturated carbocycles. The summed E-state index contributed by atoms with van der Waals surface area (Å²) >= 11 is 0. The maximum absolute atomic E-state index is 5.82. The Balaban J connectivity index is 3.41. The first-order chi connectivity index (χ1) is 7.74. The van der Waals surface area contributed by atoms with Gasteiger partial charge in [0.05, 0.1) is 0 Å². The van der Waals surface area contributed by atoms with E-state index in [0.29, 0.717) is 6.04 Å². The molecule has 2 atom stereocenters. The Morgan fingerprint density at radius 3 is 2.62 bits per heavy atom. The molecule has 2 nitrogen and oxygen atoms in total. The fourth-order valence-corrected chi connectivity index (χ4v) is 1.84. The van der Waals surface area contributed by atoms with Gasteiger partial charge in [-0.2, -0.15) is 0 Å². The largest absolute Gasteiger partial charge is 0.324 e. The average molecular weight is 224 g/mol. The van der Waals surface area contributed by atoms with Gasteiger partial charge in [-0.25, -0.2) is 0 Å². The summed E-state index contributed by atoms with van der Waals surface area (Å²) in [5.74, 6) is 0. The molecule has 0 radical (unpaired) electrons. The second-order valence-corrected chi connectivity index (χ2v) is 4.38. The Morgan fingerprint density at radius 2 is 2.06 bits per heavy atom. The van der Waals surface area contributed by atoms with Crippen LogP contribution in [0.1, 0.15) is 52.4 Å². The van der Waals surface area contributed by atoms with Gasteiger partial charge in [0, 0.05) is 12.1 Å². The Morgan fingerprint density at radius 1 is 1.31 bits per heavy atom. The lowest BCUT2D eigenvalue weighted by Gasteiger charge is -2.15. The second kappa shape index (κ2) is 10.9. The second-order valence-electron chi connectivity index (χ2n) is 4.38. The first-order valence-corrected chi connectivity index (χ1v) is 6.59. The Hall–Kier alpha value is -0.560. The molecule has 2 heteroatoms. The monoisotopic (exact) mass is 224 g/mol. The molecule has 0 spiro atoms. The fourth-order valence-electron chi connectivity index (χ4n) is 1.84. The van der Waals surface area contributed by atoms with E-state index in [1.165, 1.54) is 32.1 Å². The van der Waals surface area contributed by atoms with Crippen LogP contribution in [-0.4, -0.2) is 18.6 Å². The lowest BCUT2D eigenvalue weighted by molar-refractivity contribution is 0.451. The van der Waals surface area contributed by atoms with Gasteiger partial charge in [-0.3, -0.25) is 0 Å². The fraction of sp³-hybridized carbons (Fsp3) is 0.786.